The van der Waals surface area contributed by atoms with Gasteiger partial charge >= 0.3 is 0 Å². The molecule has 0 aromatic rings. The molecule has 3 N–H and O–H groups in total. The Balaban J connectivity index is 1.99. The van der Waals surface area contributed by atoms with Crippen LogP contribution in [0.4, 0.5) is 0 Å². The van der Waals surface area contributed by atoms with Crippen molar-refractivity contribution in [3.8, 4) is 0 Å². The van der Waals surface area contributed by atoms with Crippen LogP contribution in [0.2, 0.25) is 0 Å². The van der Waals surface area contributed by atoms with Crippen LogP contribution in [0.15, 0.2) is 0 Å². The Kier molecular flexibility index (Phi) is 3.78. The summed E-state index contributed by atoms with van der Waals surface area (Å²) in [5.41, 5.74) is 0. The van der Waals surface area contributed by atoms with Gasteiger partial charge in [0.15, 0.2) is 0 Å². The van der Waals surface area contributed by atoms with E-state index >= 15 is 0 Å². The number of aliphatic hydroxyl groups is 1. The molecule has 0 radical (unpaired) electrons. The van der Waals surface area contributed by atoms with Crippen molar-refractivity contribution in [3.05, 3.63) is 0 Å². The first-order valence-electron chi connectivity index (χ1n) is 6.08. The SMILES string of the molecule is CN[C@@H]1CCC[C@@H](N2CCNC(=O)C2)[C@@H]1O. The Morgan fingerprint density at radius 1 is 1.50 bits per heavy atom. The number of carbonyl (C=O) groups is 1. The van der Waals surface area contributed by atoms with Crippen molar-refractivity contribution < 1.29 is 9.90 Å². The third-order valence-electron chi connectivity index (χ3n) is 3.73. The minimum Gasteiger partial charge on any atom is -0.390 e. The average Bonchev–Trinajstić information content (AvgIpc) is 2.29. The molecule has 16 heavy (non-hydrogen) atoms. The predicted molar refractivity (Wildman–Crippen MR) is 61.1 cm³/mol. The zero-order valence-electron chi connectivity index (χ0n) is 9.78. The van der Waals surface area contributed by atoms with Crippen molar-refractivity contribution in [1.29, 1.82) is 0 Å². The van der Waals surface area contributed by atoms with Gasteiger partial charge < -0.3 is 15.7 Å². The Hall–Kier alpha value is -0.650. The molecule has 5 heteroatoms. The summed E-state index contributed by atoms with van der Waals surface area (Å²) < 4.78 is 0. The zero-order valence-corrected chi connectivity index (χ0v) is 9.78. The Morgan fingerprint density at radius 3 is 3.00 bits per heavy atom. The summed E-state index contributed by atoms with van der Waals surface area (Å²) in [6, 6.07) is 0.306. The Labute approximate surface area is 96.2 Å². The van der Waals surface area contributed by atoms with E-state index in [0.717, 1.165) is 25.8 Å². The van der Waals surface area contributed by atoms with Gasteiger partial charge in [-0.1, -0.05) is 6.42 Å². The van der Waals surface area contributed by atoms with Gasteiger partial charge in [0.1, 0.15) is 0 Å². The van der Waals surface area contributed by atoms with Crippen LogP contribution in [-0.4, -0.2) is 60.8 Å². The van der Waals surface area contributed by atoms with Crippen LogP contribution in [0.25, 0.3) is 0 Å². The molecule has 0 unspecified atom stereocenters. The van der Waals surface area contributed by atoms with Gasteiger partial charge in [-0.15, -0.1) is 0 Å². The molecule has 1 saturated carbocycles. The number of hydrogen-bond donors (Lipinski definition) is 3. The first-order valence-corrected chi connectivity index (χ1v) is 6.08. The molecule has 5 nitrogen and oxygen atoms in total. The number of aliphatic hydroxyl groups excluding tert-OH is 1. The van der Waals surface area contributed by atoms with E-state index in [2.05, 4.69) is 15.5 Å². The van der Waals surface area contributed by atoms with E-state index in [9.17, 15) is 9.90 Å². The molecular formula is C11H21N3O2. The summed E-state index contributed by atoms with van der Waals surface area (Å²) in [6.45, 7) is 1.98. The molecule has 92 valence electrons. The molecule has 1 heterocycles. The van der Waals surface area contributed by atoms with E-state index in [4.69, 9.17) is 0 Å². The van der Waals surface area contributed by atoms with Crippen LogP contribution < -0.4 is 10.6 Å². The molecule has 1 aliphatic heterocycles. The lowest BCUT2D eigenvalue weighted by Crippen LogP contribution is -2.59. The zero-order chi connectivity index (χ0) is 11.5. The van der Waals surface area contributed by atoms with Crippen LogP contribution in [-0.2, 0) is 4.79 Å². The summed E-state index contributed by atoms with van der Waals surface area (Å²) in [5.74, 6) is 0.0741. The molecule has 0 bridgehead atoms. The fourth-order valence-corrected chi connectivity index (χ4v) is 2.81. The summed E-state index contributed by atoms with van der Waals surface area (Å²) >= 11 is 0. The van der Waals surface area contributed by atoms with E-state index in [0.29, 0.717) is 13.1 Å². The number of amides is 1. The maximum absolute atomic E-state index is 11.3. The van der Waals surface area contributed by atoms with Gasteiger partial charge in [0.25, 0.3) is 0 Å². The lowest BCUT2D eigenvalue weighted by molar-refractivity contribution is -0.126. The molecule has 0 aromatic heterocycles. The van der Waals surface area contributed by atoms with Crippen molar-refractivity contribution in [2.45, 2.75) is 37.5 Å². The second kappa shape index (κ2) is 5.12. The highest BCUT2D eigenvalue weighted by atomic mass is 16.3. The number of rotatable bonds is 2. The van der Waals surface area contributed by atoms with E-state index in [1.165, 1.54) is 0 Å². The Morgan fingerprint density at radius 2 is 2.31 bits per heavy atom. The maximum Gasteiger partial charge on any atom is 0.234 e. The van der Waals surface area contributed by atoms with Crippen molar-refractivity contribution in [2.24, 2.45) is 0 Å². The fourth-order valence-electron chi connectivity index (χ4n) is 2.81. The molecule has 2 rings (SSSR count). The minimum absolute atomic E-state index is 0.0741. The van der Waals surface area contributed by atoms with Gasteiger partial charge in [-0.05, 0) is 19.9 Å². The van der Waals surface area contributed by atoms with Crippen molar-refractivity contribution >= 4 is 5.91 Å². The topological polar surface area (TPSA) is 64.6 Å². The van der Waals surface area contributed by atoms with Crippen LogP contribution in [0.1, 0.15) is 19.3 Å². The third kappa shape index (κ3) is 2.36. The number of nitrogens with zero attached hydrogens (tertiary/aromatic N) is 1. The van der Waals surface area contributed by atoms with E-state index < -0.39 is 0 Å². The van der Waals surface area contributed by atoms with Crippen molar-refractivity contribution in [2.75, 3.05) is 26.7 Å². The minimum atomic E-state index is -0.357. The molecule has 2 fully saturated rings. The normalized spacial score (nSPS) is 37.1. The highest BCUT2D eigenvalue weighted by molar-refractivity contribution is 5.78. The largest absolute Gasteiger partial charge is 0.390 e. The molecule has 2 aliphatic rings. The number of piperazine rings is 1. The number of nitrogens with one attached hydrogen (secondary N) is 2. The van der Waals surface area contributed by atoms with E-state index in [1.54, 1.807) is 0 Å². The molecular weight excluding hydrogens is 206 g/mol. The molecule has 0 aromatic carbocycles. The summed E-state index contributed by atoms with van der Waals surface area (Å²) in [7, 11) is 1.89. The first-order chi connectivity index (χ1) is 7.72. The van der Waals surface area contributed by atoms with Gasteiger partial charge in [-0.3, -0.25) is 9.69 Å². The van der Waals surface area contributed by atoms with Crippen LogP contribution in [0, 0.1) is 0 Å². The van der Waals surface area contributed by atoms with Gasteiger partial charge in [-0.2, -0.15) is 0 Å². The summed E-state index contributed by atoms with van der Waals surface area (Å²) in [6.07, 6.45) is 2.77. The molecule has 0 spiro atoms. The van der Waals surface area contributed by atoms with Gasteiger partial charge in [-0.25, -0.2) is 0 Å². The van der Waals surface area contributed by atoms with Gasteiger partial charge in [0.05, 0.1) is 12.6 Å². The average molecular weight is 227 g/mol. The lowest BCUT2D eigenvalue weighted by atomic mass is 9.87. The number of hydrogen-bond acceptors (Lipinski definition) is 4. The Bertz CT molecular complexity index is 260. The second-order valence-electron chi connectivity index (χ2n) is 4.70. The summed E-state index contributed by atoms with van der Waals surface area (Å²) in [5, 5.41) is 16.2. The molecule has 3 atom stereocenters. The second-order valence-corrected chi connectivity index (χ2v) is 4.70. The standard InChI is InChI=1S/C11H21N3O2/c1-12-8-3-2-4-9(11(8)16)14-6-5-13-10(15)7-14/h8-9,11-12,16H,2-7H2,1H3,(H,13,15)/t8-,9-,11-/m1/s1. The number of likely N-dealkylation sites (N-methyl/N-ethyl adjacent to an activating group) is 1. The van der Waals surface area contributed by atoms with Crippen LogP contribution in [0.3, 0.4) is 0 Å². The van der Waals surface area contributed by atoms with Crippen LogP contribution >= 0.6 is 0 Å². The monoisotopic (exact) mass is 227 g/mol. The van der Waals surface area contributed by atoms with E-state index in [-0.39, 0.29) is 24.1 Å². The third-order valence-corrected chi connectivity index (χ3v) is 3.73. The fraction of sp³-hybridized carbons (Fsp3) is 0.909. The van der Waals surface area contributed by atoms with Gasteiger partial charge in [0, 0.05) is 25.2 Å². The van der Waals surface area contributed by atoms with Crippen LogP contribution in [0.5, 0.6) is 0 Å². The van der Waals surface area contributed by atoms with Crippen molar-refractivity contribution in [3.63, 3.8) is 0 Å². The lowest BCUT2D eigenvalue weighted by Gasteiger charge is -2.42. The van der Waals surface area contributed by atoms with Crippen molar-refractivity contribution in [1.82, 2.24) is 15.5 Å². The quantitative estimate of drug-likeness (QED) is 0.561. The smallest absolute Gasteiger partial charge is 0.234 e. The molecule has 1 amide bonds. The predicted octanol–water partition coefficient (Wildman–Crippen LogP) is -1.08. The highest BCUT2D eigenvalue weighted by Crippen LogP contribution is 2.23. The van der Waals surface area contributed by atoms with E-state index in [1.807, 2.05) is 7.05 Å². The summed E-state index contributed by atoms with van der Waals surface area (Å²) in [4.78, 5) is 13.4. The highest BCUT2D eigenvalue weighted by Gasteiger charge is 2.36. The number of carbonyl (C=O) groups excluding carboxylic acids is 1. The van der Waals surface area contributed by atoms with Gasteiger partial charge in [0.2, 0.25) is 5.91 Å². The maximum atomic E-state index is 11.3. The first kappa shape index (κ1) is 11.8. The molecule has 1 saturated heterocycles. The molecule has 1 aliphatic carbocycles.